The fourth-order valence-corrected chi connectivity index (χ4v) is 9.29. The number of thiocarbonyl (C=S) groups is 1. The average Bonchev–Trinajstić information content (AvgIpc) is 3.76. The number of ether oxygens (including phenoxy) is 1. The first kappa shape index (κ1) is 39.8. The van der Waals surface area contributed by atoms with Crippen LogP contribution < -0.4 is 31.8 Å². The summed E-state index contributed by atoms with van der Waals surface area (Å²) in [5, 5.41) is 8.39. The topological polar surface area (TPSA) is 9.23 Å². The third-order valence-corrected chi connectivity index (χ3v) is 12.0. The largest absolute Gasteiger partial charge is 1.00 e. The quantitative estimate of drug-likeness (QED) is 0.0724. The van der Waals surface area contributed by atoms with Crippen molar-refractivity contribution in [3.63, 3.8) is 0 Å². The molecular formula is C43H38OP2RuS2. The van der Waals surface area contributed by atoms with Gasteiger partial charge in [0, 0.05) is 10.8 Å². The smallest absolute Gasteiger partial charge is 0.517 e. The van der Waals surface area contributed by atoms with E-state index < -0.39 is 15.8 Å². The molecule has 0 saturated carbocycles. The SMILES string of the molecule is COC(=S)[S-].[CH]1C=CC=C1.[Ru+].c1ccc(P(c2ccccc2)c2ccccc2)cc1.c1ccc(P(c2ccccc2)c2ccccc2)cc1. The van der Waals surface area contributed by atoms with E-state index in [2.05, 4.69) is 212 Å². The van der Waals surface area contributed by atoms with Gasteiger partial charge in [0.2, 0.25) is 0 Å². The molecule has 0 N–H and O–H groups in total. The summed E-state index contributed by atoms with van der Waals surface area (Å²) >= 11 is 8.58. The van der Waals surface area contributed by atoms with E-state index in [0.29, 0.717) is 0 Å². The van der Waals surface area contributed by atoms with Gasteiger partial charge in [-0.05, 0) is 47.7 Å². The van der Waals surface area contributed by atoms with Crippen LogP contribution in [0.2, 0.25) is 0 Å². The van der Waals surface area contributed by atoms with Gasteiger partial charge in [-0.1, -0.05) is 206 Å². The van der Waals surface area contributed by atoms with Crippen LogP contribution in [0.4, 0.5) is 0 Å². The van der Waals surface area contributed by atoms with E-state index >= 15 is 0 Å². The summed E-state index contributed by atoms with van der Waals surface area (Å²) < 4.78 is 4.47. The van der Waals surface area contributed by atoms with Gasteiger partial charge in [-0.3, -0.25) is 0 Å². The van der Waals surface area contributed by atoms with Gasteiger partial charge in [0.05, 0.1) is 7.11 Å². The first-order valence-electron chi connectivity index (χ1n) is 15.5. The van der Waals surface area contributed by atoms with Crippen LogP contribution in [0.15, 0.2) is 206 Å². The Morgan fingerprint density at radius 3 is 0.714 bits per heavy atom. The monoisotopic (exact) mass is 798 g/mol. The van der Waals surface area contributed by atoms with Crippen molar-refractivity contribution in [3.8, 4) is 0 Å². The Bertz CT molecular complexity index is 1470. The molecule has 0 aromatic heterocycles. The van der Waals surface area contributed by atoms with Crippen LogP contribution in [0.5, 0.6) is 0 Å². The first-order valence-corrected chi connectivity index (χ1v) is 19.0. The van der Waals surface area contributed by atoms with Crippen LogP contribution in [0.25, 0.3) is 0 Å². The zero-order valence-electron chi connectivity index (χ0n) is 27.2. The fraction of sp³-hybridized carbons (Fsp3) is 0.0233. The summed E-state index contributed by atoms with van der Waals surface area (Å²) in [6.45, 7) is 0. The minimum absolute atomic E-state index is 0. The molecule has 0 fully saturated rings. The van der Waals surface area contributed by atoms with Gasteiger partial charge in [-0.2, -0.15) is 0 Å². The van der Waals surface area contributed by atoms with E-state index in [0.717, 1.165) is 0 Å². The average molecular weight is 798 g/mol. The van der Waals surface area contributed by atoms with Gasteiger partial charge in [-0.25, -0.2) is 0 Å². The maximum absolute atomic E-state index is 4.30. The van der Waals surface area contributed by atoms with Crippen LogP contribution in [0, 0.1) is 6.42 Å². The van der Waals surface area contributed by atoms with Crippen molar-refractivity contribution in [2.45, 2.75) is 0 Å². The second-order valence-electron chi connectivity index (χ2n) is 10.1. The Labute approximate surface area is 318 Å². The fourth-order valence-electron chi connectivity index (χ4n) is 4.68. The molecule has 6 heteroatoms. The van der Waals surface area contributed by atoms with E-state index in [1.807, 2.05) is 30.7 Å². The molecule has 0 amide bonds. The molecule has 7 rings (SSSR count). The molecule has 6 aromatic carbocycles. The summed E-state index contributed by atoms with van der Waals surface area (Å²) in [5.74, 6) is 0. The normalized spacial score (nSPS) is 10.7. The van der Waals surface area contributed by atoms with Gasteiger partial charge >= 0.3 is 19.5 Å². The minimum atomic E-state index is -0.446. The summed E-state index contributed by atoms with van der Waals surface area (Å²) in [6, 6.07) is 64.7. The molecule has 0 saturated heterocycles. The predicted molar refractivity (Wildman–Crippen MR) is 220 cm³/mol. The third-order valence-electron chi connectivity index (χ3n) is 6.81. The molecule has 1 aliphatic carbocycles. The minimum Gasteiger partial charge on any atom is -0.517 e. The molecule has 49 heavy (non-hydrogen) atoms. The molecule has 6 aromatic rings. The van der Waals surface area contributed by atoms with Crippen molar-refractivity contribution >= 4 is 76.9 Å². The van der Waals surface area contributed by atoms with Gasteiger partial charge < -0.3 is 29.6 Å². The summed E-state index contributed by atoms with van der Waals surface area (Å²) in [4.78, 5) is 0. The predicted octanol–water partition coefficient (Wildman–Crippen LogP) is 8.67. The zero-order valence-corrected chi connectivity index (χ0v) is 32.3. The van der Waals surface area contributed by atoms with Crippen molar-refractivity contribution in [3.05, 3.63) is 213 Å². The first-order chi connectivity index (χ1) is 23.7. The van der Waals surface area contributed by atoms with Crippen molar-refractivity contribution in [1.29, 1.82) is 0 Å². The molecule has 0 heterocycles. The number of methoxy groups -OCH3 is 1. The second kappa shape index (κ2) is 23.7. The Kier molecular flexibility index (Phi) is 19.3. The molecule has 0 atom stereocenters. The van der Waals surface area contributed by atoms with E-state index in [-0.39, 0.29) is 23.9 Å². The van der Waals surface area contributed by atoms with Crippen LogP contribution >= 0.6 is 28.1 Å². The van der Waals surface area contributed by atoms with E-state index in [4.69, 9.17) is 0 Å². The standard InChI is InChI=1S/2C18H15P.C5H5.C2H4OS2.Ru/c2*1-4-10-16(11-5-1)19(17-12-6-2-7-13-17)18-14-8-3-9-15-18;1-2-4-5-3-1;1-3-2(4)5;/h2*1-15H;1-5H;1H3,(H,4,5);/q;;;;+1/p-1. The molecular weight excluding hydrogens is 760 g/mol. The zero-order chi connectivity index (χ0) is 33.7. The maximum atomic E-state index is 4.30. The molecule has 2 radical (unpaired) electrons. The van der Waals surface area contributed by atoms with Crippen LogP contribution in [-0.4, -0.2) is 11.5 Å². The van der Waals surface area contributed by atoms with Crippen LogP contribution in [0.1, 0.15) is 0 Å². The third kappa shape index (κ3) is 14.0. The van der Waals surface area contributed by atoms with Gasteiger partial charge in [0.1, 0.15) is 0 Å². The second-order valence-corrected chi connectivity index (χ2v) is 15.5. The van der Waals surface area contributed by atoms with Crippen molar-refractivity contribution < 1.29 is 24.2 Å². The van der Waals surface area contributed by atoms with Crippen molar-refractivity contribution in [1.82, 2.24) is 0 Å². The molecule has 246 valence electrons. The van der Waals surface area contributed by atoms with E-state index in [9.17, 15) is 0 Å². The molecule has 0 unspecified atom stereocenters. The summed E-state index contributed by atoms with van der Waals surface area (Å²) in [5.41, 5.74) is 0. The van der Waals surface area contributed by atoms with Crippen molar-refractivity contribution in [2.75, 3.05) is 7.11 Å². The summed E-state index contributed by atoms with van der Waals surface area (Å²) in [7, 11) is 0.562. The molecule has 0 spiro atoms. The molecule has 1 aliphatic rings. The molecule has 1 nitrogen and oxygen atoms in total. The number of hydrogen-bond donors (Lipinski definition) is 0. The van der Waals surface area contributed by atoms with Crippen LogP contribution in [-0.2, 0) is 36.8 Å². The molecule has 0 bridgehead atoms. The van der Waals surface area contributed by atoms with Gasteiger partial charge in [0.15, 0.2) is 0 Å². The number of rotatable bonds is 6. The Hall–Kier alpha value is -3.61. The number of hydrogen-bond acceptors (Lipinski definition) is 3. The number of benzene rings is 6. The van der Waals surface area contributed by atoms with Crippen molar-refractivity contribution in [2.24, 2.45) is 0 Å². The van der Waals surface area contributed by atoms with Crippen LogP contribution in [0.3, 0.4) is 0 Å². The van der Waals surface area contributed by atoms with E-state index in [1.165, 1.54) is 38.9 Å². The maximum Gasteiger partial charge on any atom is 1.00 e. The molecule has 0 aliphatic heterocycles. The Morgan fingerprint density at radius 2 is 0.592 bits per heavy atom. The summed E-state index contributed by atoms with van der Waals surface area (Å²) in [6.07, 6.45) is 10.0. The number of allylic oxidation sites excluding steroid dienone is 4. The van der Waals surface area contributed by atoms with Gasteiger partial charge in [-0.15, -0.1) is 0 Å². The van der Waals surface area contributed by atoms with Gasteiger partial charge in [0.25, 0.3) is 0 Å². The Morgan fingerprint density at radius 1 is 0.408 bits per heavy atom. The Balaban J connectivity index is 0.000000205. The van der Waals surface area contributed by atoms with E-state index in [1.54, 1.807) is 0 Å².